The van der Waals surface area contributed by atoms with E-state index in [1.807, 2.05) is 24.3 Å². The van der Waals surface area contributed by atoms with Crippen LogP contribution < -0.4 is 14.5 Å². The van der Waals surface area contributed by atoms with Crippen molar-refractivity contribution in [3.63, 3.8) is 0 Å². The lowest BCUT2D eigenvalue weighted by Gasteiger charge is -2.36. The molecule has 0 unspecified atom stereocenters. The number of methoxy groups -OCH3 is 1. The van der Waals surface area contributed by atoms with Crippen LogP contribution in [0.25, 0.3) is 16.7 Å². The number of non-ortho nitro benzene ring substituents is 1. The number of aromatic nitrogens is 4. The zero-order chi connectivity index (χ0) is 22.1. The van der Waals surface area contributed by atoms with Gasteiger partial charge in [0, 0.05) is 44.0 Å². The lowest BCUT2D eigenvalue weighted by Crippen LogP contribution is -2.46. The van der Waals surface area contributed by atoms with Gasteiger partial charge in [-0.05, 0) is 36.4 Å². The standard InChI is InChI=1S/C22H21N7O3/c1-32-19-8-6-17(7-9-19)28-22-20(14-25-28)21(23-15-24-22)27-12-10-26(11-13-27)16-2-4-18(5-3-16)29(30)31/h2-9,14-15H,10-13H2,1H3. The van der Waals surface area contributed by atoms with Gasteiger partial charge < -0.3 is 14.5 Å². The van der Waals surface area contributed by atoms with Gasteiger partial charge >= 0.3 is 0 Å². The molecule has 0 amide bonds. The Hall–Kier alpha value is -4.21. The van der Waals surface area contributed by atoms with Gasteiger partial charge in [-0.1, -0.05) is 0 Å². The number of nitro benzene ring substituents is 1. The first-order valence-electron chi connectivity index (χ1n) is 10.2. The highest BCUT2D eigenvalue weighted by molar-refractivity contribution is 5.87. The number of fused-ring (bicyclic) bond motifs is 1. The third-order valence-electron chi connectivity index (χ3n) is 5.67. The van der Waals surface area contributed by atoms with Crippen molar-refractivity contribution in [2.24, 2.45) is 0 Å². The van der Waals surface area contributed by atoms with Crippen LogP contribution >= 0.6 is 0 Å². The monoisotopic (exact) mass is 431 g/mol. The van der Waals surface area contributed by atoms with E-state index in [9.17, 15) is 10.1 Å². The zero-order valence-corrected chi connectivity index (χ0v) is 17.5. The van der Waals surface area contributed by atoms with Crippen LogP contribution in [0.15, 0.2) is 61.1 Å². The molecule has 162 valence electrons. The summed E-state index contributed by atoms with van der Waals surface area (Å²) >= 11 is 0. The predicted octanol–water partition coefficient (Wildman–Crippen LogP) is 3.06. The molecule has 0 radical (unpaired) electrons. The lowest BCUT2D eigenvalue weighted by atomic mass is 10.2. The molecule has 0 atom stereocenters. The first-order valence-corrected chi connectivity index (χ1v) is 10.2. The van der Waals surface area contributed by atoms with E-state index in [-0.39, 0.29) is 10.6 Å². The minimum absolute atomic E-state index is 0.102. The summed E-state index contributed by atoms with van der Waals surface area (Å²) in [5, 5.41) is 16.3. The van der Waals surface area contributed by atoms with E-state index >= 15 is 0 Å². The van der Waals surface area contributed by atoms with Gasteiger partial charge in [-0.15, -0.1) is 0 Å². The van der Waals surface area contributed by atoms with E-state index in [1.54, 1.807) is 48.6 Å². The molecule has 32 heavy (non-hydrogen) atoms. The van der Waals surface area contributed by atoms with E-state index < -0.39 is 0 Å². The molecule has 1 saturated heterocycles. The maximum Gasteiger partial charge on any atom is 0.269 e. The van der Waals surface area contributed by atoms with Gasteiger partial charge in [-0.25, -0.2) is 14.6 Å². The minimum atomic E-state index is -0.381. The van der Waals surface area contributed by atoms with Gasteiger partial charge in [-0.3, -0.25) is 10.1 Å². The summed E-state index contributed by atoms with van der Waals surface area (Å²) in [6, 6.07) is 14.4. The van der Waals surface area contributed by atoms with Crippen LogP contribution in [0, 0.1) is 10.1 Å². The summed E-state index contributed by atoms with van der Waals surface area (Å²) in [6.45, 7) is 3.12. The highest BCUT2D eigenvalue weighted by atomic mass is 16.6. The lowest BCUT2D eigenvalue weighted by molar-refractivity contribution is -0.384. The van der Waals surface area contributed by atoms with Crippen molar-refractivity contribution in [1.29, 1.82) is 0 Å². The summed E-state index contributed by atoms with van der Waals surface area (Å²) in [7, 11) is 1.64. The number of anilines is 2. The number of hydrogen-bond acceptors (Lipinski definition) is 8. The third kappa shape index (κ3) is 3.55. The Morgan fingerprint density at radius 3 is 2.22 bits per heavy atom. The van der Waals surface area contributed by atoms with Crippen molar-refractivity contribution in [3.05, 3.63) is 71.2 Å². The van der Waals surface area contributed by atoms with Crippen molar-refractivity contribution in [3.8, 4) is 11.4 Å². The second-order valence-corrected chi connectivity index (χ2v) is 7.44. The highest BCUT2D eigenvalue weighted by Crippen LogP contribution is 2.27. The van der Waals surface area contributed by atoms with Gasteiger partial charge in [0.1, 0.15) is 17.9 Å². The van der Waals surface area contributed by atoms with E-state index in [4.69, 9.17) is 4.74 Å². The van der Waals surface area contributed by atoms with Crippen LogP contribution in [0.1, 0.15) is 0 Å². The molecule has 0 spiro atoms. The second-order valence-electron chi connectivity index (χ2n) is 7.44. The molecule has 3 heterocycles. The summed E-state index contributed by atoms with van der Waals surface area (Å²) < 4.78 is 7.03. The molecule has 2 aromatic heterocycles. The van der Waals surface area contributed by atoms with Crippen molar-refractivity contribution in [2.45, 2.75) is 0 Å². The van der Waals surface area contributed by atoms with E-state index in [1.165, 1.54) is 0 Å². The Balaban J connectivity index is 1.35. The normalized spacial score (nSPS) is 14.0. The molecule has 5 rings (SSSR count). The van der Waals surface area contributed by atoms with E-state index in [0.717, 1.165) is 60.2 Å². The largest absolute Gasteiger partial charge is 0.497 e. The number of ether oxygens (including phenoxy) is 1. The van der Waals surface area contributed by atoms with Crippen LogP contribution in [0.2, 0.25) is 0 Å². The third-order valence-corrected chi connectivity index (χ3v) is 5.67. The zero-order valence-electron chi connectivity index (χ0n) is 17.5. The van der Waals surface area contributed by atoms with Crippen LogP contribution in [0.3, 0.4) is 0 Å². The molecule has 1 aliphatic rings. The minimum Gasteiger partial charge on any atom is -0.497 e. The molecular formula is C22H21N7O3. The average Bonchev–Trinajstić information content (AvgIpc) is 3.29. The van der Waals surface area contributed by atoms with Gasteiger partial charge in [0.15, 0.2) is 5.65 Å². The Bertz CT molecular complexity index is 1250. The average molecular weight is 431 g/mol. The van der Waals surface area contributed by atoms with Crippen LogP contribution in [-0.4, -0.2) is 58.0 Å². The number of nitrogens with zero attached hydrogens (tertiary/aromatic N) is 7. The maximum atomic E-state index is 10.9. The van der Waals surface area contributed by atoms with Crippen LogP contribution in [0.4, 0.5) is 17.2 Å². The maximum absolute atomic E-state index is 10.9. The second kappa shape index (κ2) is 8.14. The topological polar surface area (TPSA) is 102 Å². The molecule has 10 nitrogen and oxygen atoms in total. The van der Waals surface area contributed by atoms with Crippen molar-refractivity contribution in [1.82, 2.24) is 19.7 Å². The first-order chi connectivity index (χ1) is 15.6. The van der Waals surface area contributed by atoms with Gasteiger partial charge in [0.05, 0.1) is 29.3 Å². The Kier molecular flexibility index (Phi) is 5.02. The Morgan fingerprint density at radius 1 is 0.906 bits per heavy atom. The van der Waals surface area contributed by atoms with Gasteiger partial charge in [-0.2, -0.15) is 5.10 Å². The fourth-order valence-electron chi connectivity index (χ4n) is 3.96. The summed E-state index contributed by atoms with van der Waals surface area (Å²) in [5.74, 6) is 1.64. The van der Waals surface area contributed by atoms with Crippen molar-refractivity contribution < 1.29 is 9.66 Å². The Labute approximate surface area is 183 Å². The molecule has 10 heteroatoms. The SMILES string of the molecule is COc1ccc(-n2ncc3c(N4CCN(c5ccc([N+](=O)[O-])cc5)CC4)ncnc32)cc1. The molecule has 0 saturated carbocycles. The summed E-state index contributed by atoms with van der Waals surface area (Å²) in [5.41, 5.74) is 2.73. The number of piperazine rings is 1. The fraction of sp³-hybridized carbons (Fsp3) is 0.227. The van der Waals surface area contributed by atoms with E-state index in [0.29, 0.717) is 0 Å². The quantitative estimate of drug-likeness (QED) is 0.351. The smallest absolute Gasteiger partial charge is 0.269 e. The molecular weight excluding hydrogens is 410 g/mol. The van der Waals surface area contributed by atoms with Crippen molar-refractivity contribution in [2.75, 3.05) is 43.1 Å². The molecule has 2 aromatic carbocycles. The first kappa shape index (κ1) is 19.7. The summed E-state index contributed by atoms with van der Waals surface area (Å²) in [6.07, 6.45) is 3.37. The van der Waals surface area contributed by atoms with Crippen molar-refractivity contribution >= 4 is 28.2 Å². The highest BCUT2D eigenvalue weighted by Gasteiger charge is 2.22. The number of rotatable bonds is 5. The van der Waals surface area contributed by atoms with Crippen LogP contribution in [-0.2, 0) is 0 Å². The number of hydrogen-bond donors (Lipinski definition) is 0. The molecule has 1 fully saturated rings. The number of benzene rings is 2. The Morgan fingerprint density at radius 2 is 1.56 bits per heavy atom. The van der Waals surface area contributed by atoms with Gasteiger partial charge in [0.25, 0.3) is 5.69 Å². The van der Waals surface area contributed by atoms with Crippen LogP contribution in [0.5, 0.6) is 5.75 Å². The predicted molar refractivity (Wildman–Crippen MR) is 121 cm³/mol. The molecule has 4 aromatic rings. The van der Waals surface area contributed by atoms with E-state index in [2.05, 4.69) is 24.9 Å². The molecule has 1 aliphatic heterocycles. The van der Waals surface area contributed by atoms with Gasteiger partial charge in [0.2, 0.25) is 0 Å². The molecule has 0 aliphatic carbocycles. The fourth-order valence-corrected chi connectivity index (χ4v) is 3.96. The summed E-state index contributed by atoms with van der Waals surface area (Å²) in [4.78, 5) is 24.0. The molecule has 0 bridgehead atoms. The molecule has 0 N–H and O–H groups in total. The number of nitro groups is 1.